The molecule has 1 amide bonds. The van der Waals surface area contributed by atoms with E-state index in [0.29, 0.717) is 29.0 Å². The van der Waals surface area contributed by atoms with E-state index < -0.39 is 0 Å². The summed E-state index contributed by atoms with van der Waals surface area (Å²) in [6.07, 6.45) is 7.69. The fraction of sp³-hybridized carbons (Fsp3) is 0.167. The summed E-state index contributed by atoms with van der Waals surface area (Å²) in [6.45, 7) is 1.15. The molecule has 5 nitrogen and oxygen atoms in total. The van der Waals surface area contributed by atoms with Crippen molar-refractivity contribution in [2.24, 2.45) is 0 Å². The maximum absolute atomic E-state index is 12.8. The van der Waals surface area contributed by atoms with E-state index in [0.717, 1.165) is 23.2 Å². The fourth-order valence-electron chi connectivity index (χ4n) is 3.04. The Hall–Kier alpha value is -2.37. The van der Waals surface area contributed by atoms with Gasteiger partial charge in [-0.1, -0.05) is 11.6 Å². The van der Waals surface area contributed by atoms with Gasteiger partial charge >= 0.3 is 0 Å². The molecule has 0 spiro atoms. The molecule has 3 heterocycles. The number of anilines is 1. The van der Waals surface area contributed by atoms with Crippen molar-refractivity contribution in [1.29, 1.82) is 0 Å². The maximum Gasteiger partial charge on any atom is 0.258 e. The van der Waals surface area contributed by atoms with Crippen molar-refractivity contribution >= 4 is 34.8 Å². The lowest BCUT2D eigenvalue weighted by Gasteiger charge is -2.28. The Bertz CT molecular complexity index is 954. The van der Waals surface area contributed by atoms with Gasteiger partial charge < -0.3 is 9.47 Å². The van der Waals surface area contributed by atoms with E-state index >= 15 is 0 Å². The second kappa shape index (κ2) is 6.50. The molecule has 126 valence electrons. The number of hydrogen-bond acceptors (Lipinski definition) is 3. The van der Waals surface area contributed by atoms with Gasteiger partial charge in [0.15, 0.2) is 0 Å². The molecule has 1 aliphatic heterocycles. The molecule has 1 aromatic carbocycles. The van der Waals surface area contributed by atoms with Crippen molar-refractivity contribution in [3.05, 3.63) is 76.0 Å². The van der Waals surface area contributed by atoms with E-state index in [4.69, 9.17) is 23.2 Å². The first-order valence-corrected chi connectivity index (χ1v) is 8.58. The van der Waals surface area contributed by atoms with Crippen molar-refractivity contribution in [2.75, 3.05) is 11.4 Å². The normalized spacial score (nSPS) is 13.8. The quantitative estimate of drug-likeness (QED) is 0.701. The van der Waals surface area contributed by atoms with Crippen LogP contribution in [0.15, 0.2) is 49.1 Å². The van der Waals surface area contributed by atoms with Crippen LogP contribution in [0, 0.1) is 0 Å². The Labute approximate surface area is 154 Å². The molecular formula is C18H14Cl2N4O. The van der Waals surface area contributed by atoms with Gasteiger partial charge in [0.2, 0.25) is 5.28 Å². The topological polar surface area (TPSA) is 51.0 Å². The smallest absolute Gasteiger partial charge is 0.258 e. The molecular weight excluding hydrogens is 359 g/mol. The van der Waals surface area contributed by atoms with E-state index in [1.54, 1.807) is 41.8 Å². The number of carbonyl (C=O) groups excluding carboxylic acids is 1. The number of hydrogen-bond donors (Lipinski definition) is 0. The molecule has 0 saturated carbocycles. The molecule has 0 radical (unpaired) electrons. The number of imidazole rings is 1. The van der Waals surface area contributed by atoms with Crippen molar-refractivity contribution in [3.63, 3.8) is 0 Å². The summed E-state index contributed by atoms with van der Waals surface area (Å²) in [5.41, 5.74) is 3.41. The Morgan fingerprint density at radius 3 is 2.84 bits per heavy atom. The summed E-state index contributed by atoms with van der Waals surface area (Å²) < 4.78 is 1.82. The number of carbonyl (C=O) groups is 1. The van der Waals surface area contributed by atoms with Crippen LogP contribution >= 0.6 is 23.2 Å². The van der Waals surface area contributed by atoms with Crippen LogP contribution in [-0.2, 0) is 13.0 Å². The standard InChI is InChI=1S/C18H14Cl2N4O/c19-14-1-2-16-13(8-14)3-5-24(17(16)25)15-7-12(9-21-10-15)11-23-6-4-22-18(23)20/h1-2,4,6-10H,3,5,11H2. The summed E-state index contributed by atoms with van der Waals surface area (Å²) in [6, 6.07) is 7.36. The number of fused-ring (bicyclic) bond motifs is 1. The molecule has 1 aliphatic rings. The van der Waals surface area contributed by atoms with Crippen LogP contribution in [0.4, 0.5) is 5.69 Å². The maximum atomic E-state index is 12.8. The molecule has 0 unspecified atom stereocenters. The van der Waals surface area contributed by atoms with Gasteiger partial charge in [-0.05, 0) is 53.4 Å². The van der Waals surface area contributed by atoms with Gasteiger partial charge in [0, 0.05) is 35.7 Å². The number of aromatic nitrogens is 3. The fourth-order valence-corrected chi connectivity index (χ4v) is 3.40. The first kappa shape index (κ1) is 16.1. The zero-order valence-corrected chi connectivity index (χ0v) is 14.7. The highest BCUT2D eigenvalue weighted by molar-refractivity contribution is 6.30. The average Bonchev–Trinajstić information content (AvgIpc) is 3.00. The minimum atomic E-state index is -0.0301. The highest BCUT2D eigenvalue weighted by Gasteiger charge is 2.25. The Kier molecular flexibility index (Phi) is 4.19. The number of pyridine rings is 1. The van der Waals surface area contributed by atoms with Gasteiger partial charge in [0.1, 0.15) is 0 Å². The number of halogens is 2. The molecule has 25 heavy (non-hydrogen) atoms. The summed E-state index contributed by atoms with van der Waals surface area (Å²) in [5.74, 6) is -0.0301. The van der Waals surface area contributed by atoms with Gasteiger partial charge in [-0.25, -0.2) is 4.98 Å². The number of amides is 1. The zero-order valence-electron chi connectivity index (χ0n) is 13.2. The first-order valence-electron chi connectivity index (χ1n) is 7.82. The largest absolute Gasteiger partial charge is 0.317 e. The number of benzene rings is 1. The Balaban J connectivity index is 1.62. The lowest BCUT2D eigenvalue weighted by atomic mass is 9.98. The molecule has 2 aromatic heterocycles. The molecule has 7 heteroatoms. The van der Waals surface area contributed by atoms with E-state index in [9.17, 15) is 4.79 Å². The molecule has 0 N–H and O–H groups in total. The Morgan fingerprint density at radius 1 is 1.16 bits per heavy atom. The lowest BCUT2D eigenvalue weighted by Crippen LogP contribution is -2.37. The first-order chi connectivity index (χ1) is 12.1. The summed E-state index contributed by atoms with van der Waals surface area (Å²) in [5, 5.41) is 1.08. The third-order valence-corrected chi connectivity index (χ3v) is 4.81. The second-order valence-corrected chi connectivity index (χ2v) is 6.66. The molecule has 0 fully saturated rings. The van der Waals surface area contributed by atoms with Gasteiger partial charge in [0.05, 0.1) is 18.4 Å². The third kappa shape index (κ3) is 3.13. The van der Waals surface area contributed by atoms with Crippen LogP contribution in [0.25, 0.3) is 0 Å². The van der Waals surface area contributed by atoms with E-state index in [1.807, 2.05) is 16.7 Å². The van der Waals surface area contributed by atoms with Gasteiger partial charge in [-0.15, -0.1) is 0 Å². The van der Waals surface area contributed by atoms with Crippen molar-refractivity contribution in [3.8, 4) is 0 Å². The van der Waals surface area contributed by atoms with E-state index in [2.05, 4.69) is 9.97 Å². The minimum Gasteiger partial charge on any atom is -0.317 e. The predicted octanol–water partition coefficient (Wildman–Crippen LogP) is 3.84. The molecule has 4 rings (SSSR count). The van der Waals surface area contributed by atoms with E-state index in [-0.39, 0.29) is 5.91 Å². The van der Waals surface area contributed by atoms with Crippen LogP contribution in [0.3, 0.4) is 0 Å². The molecule has 0 atom stereocenters. The van der Waals surface area contributed by atoms with Crippen molar-refractivity contribution in [1.82, 2.24) is 14.5 Å². The molecule has 0 saturated heterocycles. The van der Waals surface area contributed by atoms with Crippen LogP contribution in [0.5, 0.6) is 0 Å². The highest BCUT2D eigenvalue weighted by Crippen LogP contribution is 2.27. The van der Waals surface area contributed by atoms with Crippen molar-refractivity contribution < 1.29 is 4.79 Å². The van der Waals surface area contributed by atoms with Crippen LogP contribution < -0.4 is 4.90 Å². The molecule has 3 aromatic rings. The SMILES string of the molecule is O=C1c2ccc(Cl)cc2CCN1c1cncc(Cn2ccnc2Cl)c1. The Morgan fingerprint density at radius 2 is 2.04 bits per heavy atom. The predicted molar refractivity (Wildman–Crippen MR) is 97.4 cm³/mol. The van der Waals surface area contributed by atoms with Gasteiger partial charge in [-0.2, -0.15) is 0 Å². The average molecular weight is 373 g/mol. The molecule has 0 aliphatic carbocycles. The van der Waals surface area contributed by atoms with Crippen LogP contribution in [-0.4, -0.2) is 27.0 Å². The number of rotatable bonds is 3. The van der Waals surface area contributed by atoms with E-state index in [1.165, 1.54) is 0 Å². The van der Waals surface area contributed by atoms with Gasteiger partial charge in [-0.3, -0.25) is 9.78 Å². The monoisotopic (exact) mass is 372 g/mol. The number of nitrogens with zero attached hydrogens (tertiary/aromatic N) is 4. The van der Waals surface area contributed by atoms with Crippen LogP contribution in [0.2, 0.25) is 10.3 Å². The zero-order chi connectivity index (χ0) is 17.4. The second-order valence-electron chi connectivity index (χ2n) is 5.88. The third-order valence-electron chi connectivity index (χ3n) is 4.26. The molecule has 0 bridgehead atoms. The summed E-state index contributed by atoms with van der Waals surface area (Å²) >= 11 is 12.1. The van der Waals surface area contributed by atoms with Crippen LogP contribution in [0.1, 0.15) is 21.5 Å². The van der Waals surface area contributed by atoms with Gasteiger partial charge in [0.25, 0.3) is 5.91 Å². The minimum absolute atomic E-state index is 0.0301. The van der Waals surface area contributed by atoms with Crippen molar-refractivity contribution in [2.45, 2.75) is 13.0 Å². The highest BCUT2D eigenvalue weighted by atomic mass is 35.5. The summed E-state index contributed by atoms with van der Waals surface area (Å²) in [4.78, 5) is 22.9. The summed E-state index contributed by atoms with van der Waals surface area (Å²) in [7, 11) is 0. The lowest BCUT2D eigenvalue weighted by molar-refractivity contribution is 0.0980.